The smallest absolute Gasteiger partial charge is 0.229 e. The van der Waals surface area contributed by atoms with Crippen LogP contribution in [0.15, 0.2) is 27.8 Å². The van der Waals surface area contributed by atoms with Crippen LogP contribution < -0.4 is 10.5 Å². The second kappa shape index (κ2) is 5.49. The highest BCUT2D eigenvalue weighted by atomic mass is 79.9. The Labute approximate surface area is 122 Å². The fourth-order valence-corrected chi connectivity index (χ4v) is 2.19. The molecule has 0 spiro atoms. The molecule has 0 unspecified atom stereocenters. The maximum atomic E-state index is 13.1. The van der Waals surface area contributed by atoms with Crippen LogP contribution in [0.25, 0.3) is 0 Å². The highest BCUT2D eigenvalue weighted by Crippen LogP contribution is 2.32. The van der Waals surface area contributed by atoms with Crippen molar-refractivity contribution >= 4 is 21.8 Å². The van der Waals surface area contributed by atoms with Gasteiger partial charge in [0.05, 0.1) is 10.2 Å². The number of aromatic nitrogens is 2. The van der Waals surface area contributed by atoms with Gasteiger partial charge in [0.25, 0.3) is 0 Å². The molecule has 0 radical (unpaired) electrons. The van der Waals surface area contributed by atoms with Crippen LogP contribution in [-0.4, -0.2) is 20.8 Å². The molecule has 0 saturated heterocycles. The van der Waals surface area contributed by atoms with Crippen molar-refractivity contribution in [2.24, 2.45) is 17.9 Å². The second-order valence-corrected chi connectivity index (χ2v) is 4.91. The van der Waals surface area contributed by atoms with Gasteiger partial charge in [-0.15, -0.1) is 0 Å². The third kappa shape index (κ3) is 2.60. The molecule has 20 heavy (non-hydrogen) atoms. The van der Waals surface area contributed by atoms with Gasteiger partial charge in [-0.2, -0.15) is 5.10 Å². The monoisotopic (exact) mass is 342 g/mol. The first-order chi connectivity index (χ1) is 9.43. The number of nitrogens with zero attached hydrogens (tertiary/aromatic N) is 3. The topological polar surface area (TPSA) is 85.7 Å². The summed E-state index contributed by atoms with van der Waals surface area (Å²) in [6, 6.07) is 4.02. The molecule has 0 amide bonds. The number of hydrogen-bond acceptors (Lipinski definition) is 4. The Balaban J connectivity index is 2.48. The van der Waals surface area contributed by atoms with Gasteiger partial charge in [-0.1, -0.05) is 5.16 Å². The van der Waals surface area contributed by atoms with Gasteiger partial charge in [0.2, 0.25) is 5.88 Å². The minimum absolute atomic E-state index is 0.108. The highest BCUT2D eigenvalue weighted by Gasteiger charge is 2.20. The number of ether oxygens (including phenoxy) is 1. The van der Waals surface area contributed by atoms with Crippen LogP contribution in [0.4, 0.5) is 4.39 Å². The molecule has 6 nitrogen and oxygen atoms in total. The molecule has 2 aromatic rings. The summed E-state index contributed by atoms with van der Waals surface area (Å²) in [5, 5.41) is 15.9. The van der Waals surface area contributed by atoms with Crippen LogP contribution in [-0.2, 0) is 7.05 Å². The van der Waals surface area contributed by atoms with E-state index in [4.69, 9.17) is 15.7 Å². The quantitative estimate of drug-likeness (QED) is 0.388. The fourth-order valence-electron chi connectivity index (χ4n) is 1.76. The van der Waals surface area contributed by atoms with E-state index in [-0.39, 0.29) is 11.7 Å². The molecule has 0 saturated carbocycles. The maximum absolute atomic E-state index is 13.1. The number of nitrogens with two attached hydrogens (primary N) is 1. The predicted molar refractivity (Wildman–Crippen MR) is 74.6 cm³/mol. The van der Waals surface area contributed by atoms with E-state index in [9.17, 15) is 4.39 Å². The predicted octanol–water partition coefficient (Wildman–Crippen LogP) is 2.52. The summed E-state index contributed by atoms with van der Waals surface area (Å²) in [6.45, 7) is 1.71. The van der Waals surface area contributed by atoms with E-state index in [1.54, 1.807) is 14.0 Å². The third-order valence-electron chi connectivity index (χ3n) is 2.63. The van der Waals surface area contributed by atoms with Gasteiger partial charge in [0, 0.05) is 7.05 Å². The lowest BCUT2D eigenvalue weighted by atomic mass is 10.2. The van der Waals surface area contributed by atoms with E-state index >= 15 is 0 Å². The van der Waals surface area contributed by atoms with Crippen molar-refractivity contribution in [3.63, 3.8) is 0 Å². The van der Waals surface area contributed by atoms with Crippen molar-refractivity contribution in [3.8, 4) is 11.6 Å². The van der Waals surface area contributed by atoms with Gasteiger partial charge >= 0.3 is 0 Å². The van der Waals surface area contributed by atoms with Crippen LogP contribution in [0.1, 0.15) is 11.3 Å². The summed E-state index contributed by atoms with van der Waals surface area (Å²) in [4.78, 5) is 0. The van der Waals surface area contributed by atoms with Gasteiger partial charge in [-0.05, 0) is 41.1 Å². The van der Waals surface area contributed by atoms with Crippen molar-refractivity contribution in [3.05, 3.63) is 39.7 Å². The molecule has 0 aliphatic carbocycles. The fraction of sp³-hybridized carbons (Fsp3) is 0.167. The molecule has 2 rings (SSSR count). The molecule has 106 valence electrons. The largest absolute Gasteiger partial charge is 0.437 e. The molecule has 0 fully saturated rings. The van der Waals surface area contributed by atoms with Gasteiger partial charge < -0.3 is 15.7 Å². The summed E-state index contributed by atoms with van der Waals surface area (Å²) in [5.41, 5.74) is 6.55. The van der Waals surface area contributed by atoms with Crippen LogP contribution in [0.3, 0.4) is 0 Å². The normalized spacial score (nSPS) is 11.7. The minimum atomic E-state index is -0.387. The number of oxime groups is 1. The molecule has 1 heterocycles. The molecule has 0 atom stereocenters. The number of benzene rings is 1. The zero-order valence-corrected chi connectivity index (χ0v) is 12.3. The summed E-state index contributed by atoms with van der Waals surface area (Å²) in [7, 11) is 1.66. The van der Waals surface area contributed by atoms with Crippen LogP contribution in [0.2, 0.25) is 0 Å². The Morgan fingerprint density at radius 2 is 2.25 bits per heavy atom. The molecule has 0 aliphatic heterocycles. The van der Waals surface area contributed by atoms with Gasteiger partial charge in [0.1, 0.15) is 17.1 Å². The van der Waals surface area contributed by atoms with Gasteiger partial charge in [-0.25, -0.2) is 9.07 Å². The van der Waals surface area contributed by atoms with E-state index in [1.807, 2.05) is 0 Å². The van der Waals surface area contributed by atoms with Crippen molar-refractivity contribution in [1.29, 1.82) is 0 Å². The van der Waals surface area contributed by atoms with E-state index < -0.39 is 0 Å². The first kappa shape index (κ1) is 14.3. The molecular weight excluding hydrogens is 331 g/mol. The maximum Gasteiger partial charge on any atom is 0.229 e. The Morgan fingerprint density at radius 3 is 2.85 bits per heavy atom. The molecule has 0 aliphatic rings. The first-order valence-electron chi connectivity index (χ1n) is 5.58. The Hall–Kier alpha value is -2.09. The molecule has 3 N–H and O–H groups in total. The molecule has 1 aromatic heterocycles. The average Bonchev–Trinajstić information content (AvgIpc) is 2.66. The summed E-state index contributed by atoms with van der Waals surface area (Å²) in [6.07, 6.45) is 0. The third-order valence-corrected chi connectivity index (χ3v) is 3.25. The minimum Gasteiger partial charge on any atom is -0.437 e. The summed E-state index contributed by atoms with van der Waals surface area (Å²) < 4.78 is 20.6. The van der Waals surface area contributed by atoms with Crippen LogP contribution in [0.5, 0.6) is 11.6 Å². The molecule has 1 aromatic carbocycles. The van der Waals surface area contributed by atoms with E-state index in [1.165, 1.54) is 22.9 Å². The molecule has 0 bridgehead atoms. The van der Waals surface area contributed by atoms with Gasteiger partial charge in [0.15, 0.2) is 5.84 Å². The SMILES string of the molecule is Cc1nn(C)c(Oc2ccc(F)cc2Br)c1C(N)=NO. The lowest BCUT2D eigenvalue weighted by Gasteiger charge is -2.09. The Kier molecular flexibility index (Phi) is 3.93. The number of halogens is 2. The van der Waals surface area contributed by atoms with Crippen molar-refractivity contribution < 1.29 is 14.3 Å². The average molecular weight is 343 g/mol. The van der Waals surface area contributed by atoms with Crippen LogP contribution in [0, 0.1) is 12.7 Å². The van der Waals surface area contributed by atoms with Gasteiger partial charge in [-0.3, -0.25) is 0 Å². The second-order valence-electron chi connectivity index (χ2n) is 4.05. The highest BCUT2D eigenvalue weighted by molar-refractivity contribution is 9.10. The Morgan fingerprint density at radius 1 is 1.55 bits per heavy atom. The lowest BCUT2D eigenvalue weighted by Crippen LogP contribution is -2.15. The van der Waals surface area contributed by atoms with Crippen molar-refractivity contribution in [2.75, 3.05) is 0 Å². The summed E-state index contributed by atoms with van der Waals surface area (Å²) in [5.74, 6) is 0.192. The zero-order valence-electron chi connectivity index (χ0n) is 10.8. The van der Waals surface area contributed by atoms with Crippen molar-refractivity contribution in [2.45, 2.75) is 6.92 Å². The number of amidine groups is 1. The number of rotatable bonds is 3. The standard InChI is InChI=1S/C12H12BrFN4O2/c1-6-10(11(15)17-19)12(18(2)16-6)20-9-4-3-7(14)5-8(9)13/h3-5,19H,1-2H3,(H2,15,17). The lowest BCUT2D eigenvalue weighted by molar-refractivity contribution is 0.318. The number of hydrogen-bond donors (Lipinski definition) is 2. The van der Waals surface area contributed by atoms with Crippen molar-refractivity contribution in [1.82, 2.24) is 9.78 Å². The van der Waals surface area contributed by atoms with E-state index in [2.05, 4.69) is 26.2 Å². The zero-order chi connectivity index (χ0) is 14.9. The van der Waals surface area contributed by atoms with Crippen LogP contribution >= 0.6 is 15.9 Å². The van der Waals surface area contributed by atoms with E-state index in [0.29, 0.717) is 27.4 Å². The first-order valence-corrected chi connectivity index (χ1v) is 6.37. The molecular formula is C12H12BrFN4O2. The summed E-state index contributed by atoms with van der Waals surface area (Å²) >= 11 is 3.21. The van der Waals surface area contributed by atoms with E-state index in [0.717, 1.165) is 0 Å². The molecule has 8 heteroatoms. The Bertz CT molecular complexity index is 684. The number of aryl methyl sites for hydroxylation is 2.